The number of carbonyl (C=O) groups is 1. The van der Waals surface area contributed by atoms with Crippen molar-refractivity contribution in [3.05, 3.63) is 30.2 Å². The molecule has 0 unspecified atom stereocenters. The number of rotatable bonds is 2. The number of nitrogens with zero attached hydrogens (tertiary/aromatic N) is 5. The molecule has 6 nitrogen and oxygen atoms in total. The van der Waals surface area contributed by atoms with Crippen LogP contribution in [0.15, 0.2) is 24.5 Å². The summed E-state index contributed by atoms with van der Waals surface area (Å²) in [5.74, 6) is -0.0152. The van der Waals surface area contributed by atoms with Gasteiger partial charge in [-0.3, -0.25) is 4.79 Å². The molecule has 0 radical (unpaired) electrons. The average Bonchev–Trinajstić information content (AvgIpc) is 2.69. The maximum Gasteiger partial charge on any atom is 0.274 e. The molecule has 0 saturated carbocycles. The highest BCUT2D eigenvalue weighted by atomic mass is 16.2. The minimum atomic E-state index is -0.0152. The van der Waals surface area contributed by atoms with Gasteiger partial charge in [0.15, 0.2) is 11.3 Å². The third-order valence-electron chi connectivity index (χ3n) is 3.34. The fourth-order valence-corrected chi connectivity index (χ4v) is 2.04. The Morgan fingerprint density at radius 1 is 1.44 bits per heavy atom. The molecule has 18 heavy (non-hydrogen) atoms. The molecule has 1 aliphatic heterocycles. The van der Waals surface area contributed by atoms with E-state index in [1.165, 1.54) is 0 Å². The van der Waals surface area contributed by atoms with E-state index in [1.54, 1.807) is 29.0 Å². The summed E-state index contributed by atoms with van der Waals surface area (Å²) in [4.78, 5) is 20.3. The predicted molar refractivity (Wildman–Crippen MR) is 66.4 cm³/mol. The van der Waals surface area contributed by atoms with Gasteiger partial charge in [-0.25, -0.2) is 9.50 Å². The summed E-state index contributed by atoms with van der Waals surface area (Å²) in [7, 11) is 4.06. The lowest BCUT2D eigenvalue weighted by atomic mass is 10.1. The number of aromatic nitrogens is 3. The highest BCUT2D eigenvalue weighted by molar-refractivity contribution is 5.93. The molecule has 3 heterocycles. The molecule has 0 N–H and O–H groups in total. The average molecular weight is 245 g/mol. The van der Waals surface area contributed by atoms with Crippen LogP contribution >= 0.6 is 0 Å². The first-order valence-corrected chi connectivity index (χ1v) is 5.91. The molecule has 0 atom stereocenters. The van der Waals surface area contributed by atoms with E-state index < -0.39 is 0 Å². The number of amides is 1. The lowest BCUT2D eigenvalue weighted by Gasteiger charge is -2.42. The quantitative estimate of drug-likeness (QED) is 0.754. The van der Waals surface area contributed by atoms with Crippen molar-refractivity contribution in [1.29, 1.82) is 0 Å². The molecular weight excluding hydrogens is 230 g/mol. The summed E-state index contributed by atoms with van der Waals surface area (Å²) < 4.78 is 1.62. The van der Waals surface area contributed by atoms with Crippen molar-refractivity contribution >= 4 is 11.6 Å². The minimum absolute atomic E-state index is 0.0152. The zero-order chi connectivity index (χ0) is 12.7. The molecule has 94 valence electrons. The van der Waals surface area contributed by atoms with E-state index >= 15 is 0 Å². The van der Waals surface area contributed by atoms with Gasteiger partial charge in [0.2, 0.25) is 0 Å². The van der Waals surface area contributed by atoms with Crippen LogP contribution in [0.25, 0.3) is 5.65 Å². The summed E-state index contributed by atoms with van der Waals surface area (Å²) in [6.07, 6.45) is 3.48. The van der Waals surface area contributed by atoms with Crippen molar-refractivity contribution in [3.63, 3.8) is 0 Å². The van der Waals surface area contributed by atoms with Gasteiger partial charge in [0.05, 0.1) is 0 Å². The topological polar surface area (TPSA) is 53.7 Å². The zero-order valence-electron chi connectivity index (χ0n) is 10.4. The Morgan fingerprint density at radius 3 is 2.89 bits per heavy atom. The third-order valence-corrected chi connectivity index (χ3v) is 3.34. The van der Waals surface area contributed by atoms with E-state index in [0.29, 0.717) is 17.4 Å². The van der Waals surface area contributed by atoms with Gasteiger partial charge in [-0.15, -0.1) is 0 Å². The molecule has 1 aliphatic rings. The Kier molecular flexibility index (Phi) is 2.52. The maximum atomic E-state index is 12.2. The summed E-state index contributed by atoms with van der Waals surface area (Å²) in [6, 6.07) is 3.98. The highest BCUT2D eigenvalue weighted by Crippen LogP contribution is 2.16. The Morgan fingerprint density at radius 2 is 2.22 bits per heavy atom. The molecule has 1 saturated heterocycles. The van der Waals surface area contributed by atoms with Gasteiger partial charge in [-0.2, -0.15) is 5.10 Å². The number of fused-ring (bicyclic) bond motifs is 1. The van der Waals surface area contributed by atoms with Crippen LogP contribution in [0.5, 0.6) is 0 Å². The fraction of sp³-hybridized carbons (Fsp3) is 0.417. The number of hydrogen-bond acceptors (Lipinski definition) is 4. The fourth-order valence-electron chi connectivity index (χ4n) is 2.04. The van der Waals surface area contributed by atoms with Gasteiger partial charge in [0, 0.05) is 37.6 Å². The van der Waals surface area contributed by atoms with Crippen LogP contribution in [-0.2, 0) is 0 Å². The molecule has 0 bridgehead atoms. The number of likely N-dealkylation sites (N-methyl/N-ethyl adjacent to an activating group) is 1. The van der Waals surface area contributed by atoms with Crippen LogP contribution in [0.3, 0.4) is 0 Å². The lowest BCUT2D eigenvalue weighted by molar-refractivity contribution is 0.0393. The molecule has 0 aliphatic carbocycles. The number of carbonyl (C=O) groups excluding carboxylic acids is 1. The number of likely N-dealkylation sites (tertiary alicyclic amines) is 1. The SMILES string of the molecule is CN(C)C1CN(C(=O)c2cc3ncccn3n2)C1. The zero-order valence-corrected chi connectivity index (χ0v) is 10.4. The second-order valence-electron chi connectivity index (χ2n) is 4.78. The molecule has 6 heteroatoms. The van der Waals surface area contributed by atoms with Crippen LogP contribution in [0, 0.1) is 0 Å². The van der Waals surface area contributed by atoms with Gasteiger partial charge in [-0.05, 0) is 20.2 Å². The van der Waals surface area contributed by atoms with E-state index in [2.05, 4.69) is 15.0 Å². The predicted octanol–water partition coefficient (Wildman–Crippen LogP) is 0.115. The van der Waals surface area contributed by atoms with Crippen molar-refractivity contribution in [2.75, 3.05) is 27.2 Å². The molecular formula is C12H15N5O. The van der Waals surface area contributed by atoms with Crippen molar-refractivity contribution < 1.29 is 4.79 Å². The van der Waals surface area contributed by atoms with E-state index in [4.69, 9.17) is 0 Å². The Hall–Kier alpha value is -1.95. The van der Waals surface area contributed by atoms with Gasteiger partial charge in [0.25, 0.3) is 5.91 Å². The standard InChI is InChI=1S/C12H15N5O/c1-15(2)9-7-16(8-9)12(18)10-6-11-13-4-3-5-17(11)14-10/h3-6,9H,7-8H2,1-2H3. The Bertz CT molecular complexity index is 552. The van der Waals surface area contributed by atoms with Crippen molar-refractivity contribution in [2.45, 2.75) is 6.04 Å². The van der Waals surface area contributed by atoms with Gasteiger partial charge >= 0.3 is 0 Å². The minimum Gasteiger partial charge on any atom is -0.334 e. The lowest BCUT2D eigenvalue weighted by Crippen LogP contribution is -2.59. The first-order chi connectivity index (χ1) is 8.65. The summed E-state index contributed by atoms with van der Waals surface area (Å²) >= 11 is 0. The van der Waals surface area contributed by atoms with Crippen LogP contribution in [-0.4, -0.2) is 63.5 Å². The van der Waals surface area contributed by atoms with Gasteiger partial charge in [-0.1, -0.05) is 0 Å². The second kappa shape index (κ2) is 4.06. The van der Waals surface area contributed by atoms with E-state index in [-0.39, 0.29) is 5.91 Å². The van der Waals surface area contributed by atoms with E-state index in [1.807, 2.05) is 19.0 Å². The maximum absolute atomic E-state index is 12.2. The molecule has 2 aromatic heterocycles. The third kappa shape index (κ3) is 1.74. The largest absolute Gasteiger partial charge is 0.334 e. The van der Waals surface area contributed by atoms with Crippen LogP contribution in [0.4, 0.5) is 0 Å². The van der Waals surface area contributed by atoms with E-state index in [0.717, 1.165) is 13.1 Å². The highest BCUT2D eigenvalue weighted by Gasteiger charge is 2.33. The molecule has 1 amide bonds. The van der Waals surface area contributed by atoms with Crippen LogP contribution in [0.2, 0.25) is 0 Å². The van der Waals surface area contributed by atoms with Crippen molar-refractivity contribution in [1.82, 2.24) is 24.4 Å². The Labute approximate surface area is 105 Å². The molecule has 1 fully saturated rings. The first-order valence-electron chi connectivity index (χ1n) is 5.91. The molecule has 0 aromatic carbocycles. The smallest absolute Gasteiger partial charge is 0.274 e. The first kappa shape index (κ1) is 11.2. The molecule has 3 rings (SSSR count). The molecule has 0 spiro atoms. The van der Waals surface area contributed by atoms with Crippen LogP contribution < -0.4 is 0 Å². The summed E-state index contributed by atoms with van der Waals surface area (Å²) in [5, 5.41) is 4.23. The number of hydrogen-bond donors (Lipinski definition) is 0. The van der Waals surface area contributed by atoms with Gasteiger partial charge in [0.1, 0.15) is 0 Å². The monoisotopic (exact) mass is 245 g/mol. The van der Waals surface area contributed by atoms with E-state index in [9.17, 15) is 4.79 Å². The summed E-state index contributed by atoms with van der Waals surface area (Å²) in [5.41, 5.74) is 1.16. The van der Waals surface area contributed by atoms with Crippen molar-refractivity contribution in [2.24, 2.45) is 0 Å². The van der Waals surface area contributed by atoms with Gasteiger partial charge < -0.3 is 9.80 Å². The van der Waals surface area contributed by atoms with Crippen molar-refractivity contribution in [3.8, 4) is 0 Å². The second-order valence-corrected chi connectivity index (χ2v) is 4.78. The summed E-state index contributed by atoms with van der Waals surface area (Å²) in [6.45, 7) is 1.54. The Balaban J connectivity index is 1.77. The van der Waals surface area contributed by atoms with Crippen LogP contribution in [0.1, 0.15) is 10.5 Å². The normalized spacial score (nSPS) is 16.3. The molecule has 2 aromatic rings.